The van der Waals surface area contributed by atoms with Gasteiger partial charge >= 0.3 is 0 Å². The normalized spacial score (nSPS) is 18.1. The fraction of sp³-hybridized carbons (Fsp3) is 0.471. The zero-order chi connectivity index (χ0) is 16.4. The Kier molecular flexibility index (Phi) is 4.43. The van der Waals surface area contributed by atoms with Gasteiger partial charge in [0.2, 0.25) is 0 Å². The zero-order valence-corrected chi connectivity index (χ0v) is 14.2. The Morgan fingerprint density at radius 1 is 1.26 bits per heavy atom. The molecule has 1 atom stereocenters. The number of morpholine rings is 1. The molecule has 122 valence electrons. The van der Waals surface area contributed by atoms with Crippen LogP contribution in [0.3, 0.4) is 0 Å². The number of ether oxygens (including phenoxy) is 1. The fourth-order valence-electron chi connectivity index (χ4n) is 2.80. The van der Waals surface area contributed by atoms with Crippen LogP contribution in [0.1, 0.15) is 23.2 Å². The monoisotopic (exact) mass is 313 g/mol. The number of pyridine rings is 1. The van der Waals surface area contributed by atoms with Gasteiger partial charge in [0, 0.05) is 32.9 Å². The molecule has 0 spiro atoms. The van der Waals surface area contributed by atoms with Crippen molar-refractivity contribution < 1.29 is 4.74 Å². The fourth-order valence-corrected chi connectivity index (χ4v) is 2.80. The van der Waals surface area contributed by atoms with E-state index >= 15 is 0 Å². The second-order valence-electron chi connectivity index (χ2n) is 6.04. The van der Waals surface area contributed by atoms with Crippen LogP contribution in [0.25, 0.3) is 0 Å². The van der Waals surface area contributed by atoms with Crippen LogP contribution in [-0.2, 0) is 4.74 Å². The summed E-state index contributed by atoms with van der Waals surface area (Å²) in [4.78, 5) is 17.8. The van der Waals surface area contributed by atoms with Crippen LogP contribution in [0.5, 0.6) is 0 Å². The van der Waals surface area contributed by atoms with Crippen molar-refractivity contribution in [3.05, 3.63) is 41.5 Å². The van der Waals surface area contributed by atoms with Crippen LogP contribution >= 0.6 is 0 Å². The molecule has 0 N–H and O–H groups in total. The van der Waals surface area contributed by atoms with Crippen LogP contribution in [0.2, 0.25) is 0 Å². The van der Waals surface area contributed by atoms with Crippen LogP contribution in [-0.4, -0.2) is 48.7 Å². The number of hydrogen-bond donors (Lipinski definition) is 0. The van der Waals surface area contributed by atoms with Crippen molar-refractivity contribution in [2.75, 3.05) is 43.6 Å². The third-order valence-electron chi connectivity index (χ3n) is 3.98. The van der Waals surface area contributed by atoms with Gasteiger partial charge < -0.3 is 14.5 Å². The summed E-state index contributed by atoms with van der Waals surface area (Å²) in [6.07, 6.45) is 1.77. The molecule has 1 unspecified atom stereocenters. The van der Waals surface area contributed by atoms with E-state index in [1.54, 1.807) is 0 Å². The van der Waals surface area contributed by atoms with Crippen molar-refractivity contribution in [1.29, 1.82) is 0 Å². The molecule has 1 saturated heterocycles. The predicted octanol–water partition coefficient (Wildman–Crippen LogP) is 2.13. The van der Waals surface area contributed by atoms with Gasteiger partial charge in [-0.3, -0.25) is 0 Å². The molecular formula is C17H23N5O. The first-order chi connectivity index (χ1) is 11.0. The van der Waals surface area contributed by atoms with Gasteiger partial charge in [0.05, 0.1) is 18.8 Å². The summed E-state index contributed by atoms with van der Waals surface area (Å²) in [6.45, 7) is 6.27. The Balaban J connectivity index is 1.85. The summed E-state index contributed by atoms with van der Waals surface area (Å²) in [5, 5.41) is 0. The molecule has 0 bridgehead atoms. The van der Waals surface area contributed by atoms with E-state index < -0.39 is 0 Å². The van der Waals surface area contributed by atoms with Crippen molar-refractivity contribution in [2.45, 2.75) is 20.0 Å². The van der Waals surface area contributed by atoms with Crippen LogP contribution < -0.4 is 9.80 Å². The van der Waals surface area contributed by atoms with E-state index in [0.29, 0.717) is 6.61 Å². The lowest BCUT2D eigenvalue weighted by Gasteiger charge is -2.34. The highest BCUT2D eigenvalue weighted by molar-refractivity contribution is 5.47. The van der Waals surface area contributed by atoms with Crippen LogP contribution in [0, 0.1) is 13.8 Å². The van der Waals surface area contributed by atoms with Gasteiger partial charge in [-0.15, -0.1) is 0 Å². The average Bonchev–Trinajstić information content (AvgIpc) is 2.55. The molecule has 6 heteroatoms. The van der Waals surface area contributed by atoms with Gasteiger partial charge in [-0.1, -0.05) is 6.07 Å². The third-order valence-corrected chi connectivity index (χ3v) is 3.98. The Morgan fingerprint density at radius 3 is 2.83 bits per heavy atom. The maximum Gasteiger partial charge on any atom is 0.132 e. The van der Waals surface area contributed by atoms with E-state index in [2.05, 4.69) is 32.8 Å². The molecular weight excluding hydrogens is 290 g/mol. The molecule has 1 aliphatic heterocycles. The summed E-state index contributed by atoms with van der Waals surface area (Å²) < 4.78 is 5.97. The Labute approximate surface area is 137 Å². The standard InChI is InChI=1S/C17H23N5O/c1-12-6-5-7-18-17(12)22-8-9-23-15(11-22)14-10-16(21(3)4)20-13(2)19-14/h5-7,10,15H,8-9,11H2,1-4H3. The molecule has 0 aliphatic carbocycles. The van der Waals surface area contributed by atoms with E-state index in [-0.39, 0.29) is 6.10 Å². The second-order valence-corrected chi connectivity index (χ2v) is 6.04. The molecule has 0 aromatic carbocycles. The van der Waals surface area contributed by atoms with E-state index in [4.69, 9.17) is 4.74 Å². The second kappa shape index (κ2) is 6.50. The SMILES string of the molecule is Cc1nc(C2CN(c3ncccc3C)CCO2)cc(N(C)C)n1. The van der Waals surface area contributed by atoms with Gasteiger partial charge in [0.15, 0.2) is 0 Å². The number of aryl methyl sites for hydroxylation is 2. The lowest BCUT2D eigenvalue weighted by atomic mass is 10.1. The molecule has 6 nitrogen and oxygen atoms in total. The molecule has 23 heavy (non-hydrogen) atoms. The van der Waals surface area contributed by atoms with E-state index in [0.717, 1.165) is 36.2 Å². The molecule has 0 radical (unpaired) electrons. The van der Waals surface area contributed by atoms with Crippen molar-refractivity contribution in [3.63, 3.8) is 0 Å². The Bertz CT molecular complexity index is 688. The quantitative estimate of drug-likeness (QED) is 0.865. The molecule has 3 heterocycles. The lowest BCUT2D eigenvalue weighted by Crippen LogP contribution is -2.39. The zero-order valence-electron chi connectivity index (χ0n) is 14.2. The maximum atomic E-state index is 5.97. The molecule has 3 rings (SSSR count). The van der Waals surface area contributed by atoms with E-state index in [9.17, 15) is 0 Å². The smallest absolute Gasteiger partial charge is 0.132 e. The molecule has 2 aromatic rings. The molecule has 2 aromatic heterocycles. The number of hydrogen-bond acceptors (Lipinski definition) is 6. The predicted molar refractivity (Wildman–Crippen MR) is 91.0 cm³/mol. The summed E-state index contributed by atoms with van der Waals surface area (Å²) in [5.41, 5.74) is 2.11. The highest BCUT2D eigenvalue weighted by Crippen LogP contribution is 2.27. The third kappa shape index (κ3) is 3.42. The summed E-state index contributed by atoms with van der Waals surface area (Å²) in [7, 11) is 3.97. The van der Waals surface area contributed by atoms with Gasteiger partial charge in [-0.25, -0.2) is 15.0 Å². The van der Waals surface area contributed by atoms with Gasteiger partial charge in [-0.05, 0) is 25.5 Å². The van der Waals surface area contributed by atoms with Crippen molar-refractivity contribution in [2.24, 2.45) is 0 Å². The number of anilines is 2. The summed E-state index contributed by atoms with van der Waals surface area (Å²) >= 11 is 0. The Hall–Kier alpha value is -2.21. The largest absolute Gasteiger partial charge is 0.368 e. The number of nitrogens with zero attached hydrogens (tertiary/aromatic N) is 5. The van der Waals surface area contributed by atoms with Crippen molar-refractivity contribution in [3.8, 4) is 0 Å². The summed E-state index contributed by atoms with van der Waals surface area (Å²) in [6, 6.07) is 6.06. The van der Waals surface area contributed by atoms with Crippen molar-refractivity contribution in [1.82, 2.24) is 15.0 Å². The minimum Gasteiger partial charge on any atom is -0.368 e. The number of aromatic nitrogens is 3. The van der Waals surface area contributed by atoms with Gasteiger partial charge in [0.25, 0.3) is 0 Å². The van der Waals surface area contributed by atoms with Crippen molar-refractivity contribution >= 4 is 11.6 Å². The first-order valence-corrected chi connectivity index (χ1v) is 7.85. The first kappa shape index (κ1) is 15.7. The van der Waals surface area contributed by atoms with Crippen LogP contribution in [0.15, 0.2) is 24.4 Å². The Morgan fingerprint density at radius 2 is 2.09 bits per heavy atom. The maximum absolute atomic E-state index is 5.97. The highest BCUT2D eigenvalue weighted by atomic mass is 16.5. The van der Waals surface area contributed by atoms with E-state index in [1.807, 2.05) is 44.2 Å². The van der Waals surface area contributed by atoms with Crippen LogP contribution in [0.4, 0.5) is 11.6 Å². The van der Waals surface area contributed by atoms with Gasteiger partial charge in [0.1, 0.15) is 23.6 Å². The number of rotatable bonds is 3. The first-order valence-electron chi connectivity index (χ1n) is 7.85. The minimum atomic E-state index is -0.0643. The topological polar surface area (TPSA) is 54.4 Å². The minimum absolute atomic E-state index is 0.0643. The highest BCUT2D eigenvalue weighted by Gasteiger charge is 2.25. The lowest BCUT2D eigenvalue weighted by molar-refractivity contribution is 0.0365. The summed E-state index contributed by atoms with van der Waals surface area (Å²) in [5.74, 6) is 2.70. The van der Waals surface area contributed by atoms with Gasteiger partial charge in [-0.2, -0.15) is 0 Å². The molecule has 0 amide bonds. The molecule has 1 fully saturated rings. The van der Waals surface area contributed by atoms with E-state index in [1.165, 1.54) is 5.56 Å². The average molecular weight is 313 g/mol. The molecule has 0 saturated carbocycles. The molecule has 1 aliphatic rings.